The van der Waals surface area contributed by atoms with Gasteiger partial charge in [-0.05, 0) is 69.3 Å². The minimum Gasteiger partial charge on any atom is -0.418 e. The fourth-order valence-electron chi connectivity index (χ4n) is 3.68. The maximum atomic E-state index is 9.75. The van der Waals surface area contributed by atoms with Gasteiger partial charge in [-0.1, -0.05) is 98.7 Å². The van der Waals surface area contributed by atoms with Gasteiger partial charge in [0, 0.05) is 0 Å². The zero-order valence-electron chi connectivity index (χ0n) is 22.9. The molecular weight excluding hydrogens is 479 g/mol. The highest BCUT2D eigenvalue weighted by Crippen LogP contribution is 2.35. The van der Waals surface area contributed by atoms with Crippen molar-refractivity contribution in [1.29, 1.82) is 0 Å². The Morgan fingerprint density at radius 1 is 0.417 bits per heavy atom. The van der Waals surface area contributed by atoms with Gasteiger partial charge in [0.25, 0.3) is 0 Å². The molecule has 0 aliphatic heterocycles. The lowest BCUT2D eigenvalue weighted by atomic mass is 9.87. The average Bonchev–Trinajstić information content (AvgIpc) is 2.72. The molecule has 0 fully saturated rings. The Balaban J connectivity index is 0.000000830. The quantitative estimate of drug-likeness (QED) is 0.184. The molecule has 6 heteroatoms. The Morgan fingerprint density at radius 3 is 0.722 bits per heavy atom. The molecule has 0 aliphatic carbocycles. The first-order valence-electron chi connectivity index (χ1n) is 12.2. The molecule has 3 aromatic carbocycles. The number of rotatable bonds is 3. The van der Waals surface area contributed by atoms with Gasteiger partial charge in [0.15, 0.2) is 14.7 Å². The van der Waals surface area contributed by atoms with Crippen LogP contribution in [-0.2, 0) is 27.1 Å². The standard InChI is InChI=1S/C30H39S.BF4/c1-28(2,3)22-10-16-25(17-11-22)31(26-18-12-23(13-19-26)29(4,5)6)27-20-14-24(15-21-27)30(7,8)9;2-1(3,4)5/h10-21H,1-9H3;/q+1;-1. The Morgan fingerprint density at radius 2 is 0.583 bits per heavy atom. The molecule has 0 spiro atoms. The summed E-state index contributed by atoms with van der Waals surface area (Å²) in [6.45, 7) is 20.5. The Hall–Kier alpha value is -2.21. The first-order valence-corrected chi connectivity index (χ1v) is 13.4. The summed E-state index contributed by atoms with van der Waals surface area (Å²) in [6.07, 6.45) is 0. The highest BCUT2D eigenvalue weighted by molar-refractivity contribution is 7.97. The SMILES string of the molecule is CC(C)(C)c1ccc([S+](c2ccc(C(C)(C)C)cc2)c2ccc(C(C)(C)C)cc2)cc1.F[B-](F)(F)F. The summed E-state index contributed by atoms with van der Waals surface area (Å²) in [4.78, 5) is 4.13. The minimum absolute atomic E-state index is 0.120. The maximum Gasteiger partial charge on any atom is 0.673 e. The first kappa shape index (κ1) is 30.0. The highest BCUT2D eigenvalue weighted by atomic mass is 32.2. The fourth-order valence-corrected chi connectivity index (χ4v) is 5.72. The van der Waals surface area contributed by atoms with Crippen LogP contribution in [0.5, 0.6) is 0 Å². The molecule has 0 heterocycles. The summed E-state index contributed by atoms with van der Waals surface area (Å²) >= 11 is 0. The second-order valence-corrected chi connectivity index (χ2v) is 14.2. The summed E-state index contributed by atoms with van der Waals surface area (Å²) in [5.74, 6) is 0. The van der Waals surface area contributed by atoms with Crippen molar-refractivity contribution in [3.05, 3.63) is 89.5 Å². The van der Waals surface area contributed by atoms with Gasteiger partial charge >= 0.3 is 7.25 Å². The molecule has 0 N–H and O–H groups in total. The van der Waals surface area contributed by atoms with Crippen LogP contribution in [0.2, 0.25) is 0 Å². The summed E-state index contributed by atoms with van der Waals surface area (Å²) < 4.78 is 39.0. The first-order chi connectivity index (χ1) is 16.3. The molecular formula is C30H39BF4S. The van der Waals surface area contributed by atoms with E-state index in [1.54, 1.807) is 0 Å². The van der Waals surface area contributed by atoms with E-state index in [0.717, 1.165) is 0 Å². The Kier molecular flexibility index (Phi) is 9.21. The monoisotopic (exact) mass is 518 g/mol. The van der Waals surface area contributed by atoms with Crippen LogP contribution in [0.3, 0.4) is 0 Å². The van der Waals surface area contributed by atoms with E-state index < -0.39 is 7.25 Å². The van der Waals surface area contributed by atoms with E-state index >= 15 is 0 Å². The lowest BCUT2D eigenvalue weighted by molar-refractivity contribution is 0.368. The van der Waals surface area contributed by atoms with E-state index in [1.807, 2.05) is 0 Å². The topological polar surface area (TPSA) is 0 Å². The summed E-state index contributed by atoms with van der Waals surface area (Å²) in [7, 11) is -6.12. The van der Waals surface area contributed by atoms with Crippen LogP contribution in [0.4, 0.5) is 17.3 Å². The summed E-state index contributed by atoms with van der Waals surface area (Å²) in [6, 6.07) is 27.8. The number of halogens is 4. The van der Waals surface area contributed by atoms with Crippen LogP contribution in [0.1, 0.15) is 79.0 Å². The third-order valence-corrected chi connectivity index (χ3v) is 8.10. The lowest BCUT2D eigenvalue weighted by Crippen LogP contribution is -2.13. The molecule has 0 atom stereocenters. The molecule has 36 heavy (non-hydrogen) atoms. The number of hydrogen-bond acceptors (Lipinski definition) is 0. The van der Waals surface area contributed by atoms with E-state index in [4.69, 9.17) is 0 Å². The van der Waals surface area contributed by atoms with Gasteiger partial charge in [0.2, 0.25) is 0 Å². The second-order valence-electron chi connectivity index (χ2n) is 12.1. The molecule has 0 saturated carbocycles. The second kappa shape index (κ2) is 11.0. The molecule has 0 saturated heterocycles. The van der Waals surface area contributed by atoms with Crippen molar-refractivity contribution in [2.24, 2.45) is 0 Å². The van der Waals surface area contributed by atoms with Gasteiger partial charge < -0.3 is 17.3 Å². The van der Waals surface area contributed by atoms with E-state index in [1.165, 1.54) is 31.4 Å². The van der Waals surface area contributed by atoms with E-state index in [0.29, 0.717) is 0 Å². The Labute approximate surface area is 218 Å². The van der Waals surface area contributed by atoms with Gasteiger partial charge in [-0.3, -0.25) is 0 Å². The van der Waals surface area contributed by atoms with Crippen molar-refractivity contribution in [1.82, 2.24) is 0 Å². The zero-order chi connectivity index (χ0) is 27.5. The largest absolute Gasteiger partial charge is 0.673 e. The number of hydrogen-bond donors (Lipinski definition) is 0. The molecule has 0 radical (unpaired) electrons. The van der Waals surface area contributed by atoms with Crippen LogP contribution >= 0.6 is 0 Å². The molecule has 0 nitrogen and oxygen atoms in total. The molecule has 0 aliphatic rings. The average molecular weight is 519 g/mol. The predicted octanol–water partition coefficient (Wildman–Crippen LogP) is 9.97. The van der Waals surface area contributed by atoms with E-state index in [9.17, 15) is 17.3 Å². The Bertz CT molecular complexity index is 954. The van der Waals surface area contributed by atoms with Gasteiger partial charge in [-0.25, -0.2) is 0 Å². The number of benzene rings is 3. The van der Waals surface area contributed by atoms with Crippen LogP contribution < -0.4 is 0 Å². The third-order valence-electron chi connectivity index (χ3n) is 5.87. The van der Waals surface area contributed by atoms with Crippen LogP contribution in [0.15, 0.2) is 87.5 Å². The van der Waals surface area contributed by atoms with Crippen molar-refractivity contribution in [3.63, 3.8) is 0 Å². The zero-order valence-corrected chi connectivity index (χ0v) is 23.7. The van der Waals surface area contributed by atoms with Crippen LogP contribution in [0, 0.1) is 0 Å². The van der Waals surface area contributed by atoms with E-state index in [-0.39, 0.29) is 27.1 Å². The minimum atomic E-state index is -6.00. The molecule has 3 rings (SSSR count). The van der Waals surface area contributed by atoms with Crippen molar-refractivity contribution in [3.8, 4) is 0 Å². The molecule has 3 aromatic rings. The lowest BCUT2D eigenvalue weighted by Gasteiger charge is -2.21. The van der Waals surface area contributed by atoms with Gasteiger partial charge in [-0.15, -0.1) is 0 Å². The third kappa shape index (κ3) is 9.03. The molecule has 0 amide bonds. The van der Waals surface area contributed by atoms with Crippen LogP contribution in [0.25, 0.3) is 0 Å². The van der Waals surface area contributed by atoms with Gasteiger partial charge in [0.05, 0.1) is 10.9 Å². The molecule has 0 unspecified atom stereocenters. The van der Waals surface area contributed by atoms with Gasteiger partial charge in [0.1, 0.15) is 0 Å². The molecule has 196 valence electrons. The smallest absolute Gasteiger partial charge is 0.418 e. The normalized spacial score (nSPS) is 12.8. The fraction of sp³-hybridized carbons (Fsp3) is 0.400. The molecule has 0 aromatic heterocycles. The summed E-state index contributed by atoms with van der Waals surface area (Å²) in [5.41, 5.74) is 4.64. The summed E-state index contributed by atoms with van der Waals surface area (Å²) in [5, 5.41) is 0. The van der Waals surface area contributed by atoms with Crippen LogP contribution in [-0.4, -0.2) is 7.25 Å². The van der Waals surface area contributed by atoms with Crippen molar-refractivity contribution >= 4 is 18.1 Å². The highest BCUT2D eigenvalue weighted by Gasteiger charge is 2.30. The van der Waals surface area contributed by atoms with Gasteiger partial charge in [-0.2, -0.15) is 0 Å². The van der Waals surface area contributed by atoms with Crippen molar-refractivity contribution in [2.75, 3.05) is 0 Å². The van der Waals surface area contributed by atoms with Crippen molar-refractivity contribution < 1.29 is 17.3 Å². The molecule has 0 bridgehead atoms. The van der Waals surface area contributed by atoms with E-state index in [2.05, 4.69) is 135 Å². The predicted molar refractivity (Wildman–Crippen MR) is 148 cm³/mol. The van der Waals surface area contributed by atoms with Crippen molar-refractivity contribution in [2.45, 2.75) is 93.2 Å². The maximum absolute atomic E-state index is 9.75.